The lowest BCUT2D eigenvalue weighted by Gasteiger charge is -2.13. The van der Waals surface area contributed by atoms with E-state index in [0.29, 0.717) is 5.75 Å². The molecular weight excluding hydrogens is 314 g/mol. The van der Waals surface area contributed by atoms with Crippen molar-refractivity contribution >= 4 is 33.5 Å². The average Bonchev–Trinajstić information content (AvgIpc) is 2.38. The van der Waals surface area contributed by atoms with Gasteiger partial charge in [0.05, 0.1) is 11.5 Å². The highest BCUT2D eigenvalue weighted by Gasteiger charge is 2.25. The molecule has 0 heterocycles. The van der Waals surface area contributed by atoms with Crippen molar-refractivity contribution in [3.05, 3.63) is 30.3 Å². The summed E-state index contributed by atoms with van der Waals surface area (Å²) in [5.74, 6) is -2.34. The maximum Gasteiger partial charge on any atom is 0.327 e. The number of sulfone groups is 1. The molecule has 1 atom stereocenters. The van der Waals surface area contributed by atoms with Crippen molar-refractivity contribution in [2.45, 2.75) is 17.9 Å². The minimum atomic E-state index is -3.56. The number of carboxylic acid groups (broad SMARTS) is 1. The number of amides is 1. The Hall–Kier alpha value is -1.54. The van der Waals surface area contributed by atoms with Crippen LogP contribution < -0.4 is 5.32 Å². The maximum atomic E-state index is 11.9. The summed E-state index contributed by atoms with van der Waals surface area (Å²) in [5.41, 5.74) is 0. The molecule has 2 N–H and O–H groups in total. The summed E-state index contributed by atoms with van der Waals surface area (Å²) in [6, 6.07) is 7.91. The van der Waals surface area contributed by atoms with Gasteiger partial charge < -0.3 is 10.4 Å². The lowest BCUT2D eigenvalue weighted by atomic mass is 10.3. The molecule has 6 nitrogen and oxygen atoms in total. The third-order valence-corrected chi connectivity index (χ3v) is 5.44. The molecule has 21 heavy (non-hydrogen) atoms. The summed E-state index contributed by atoms with van der Waals surface area (Å²) >= 11 is 1.38. The van der Waals surface area contributed by atoms with Crippen LogP contribution in [0.4, 0.5) is 0 Å². The van der Waals surface area contributed by atoms with E-state index in [9.17, 15) is 18.0 Å². The maximum absolute atomic E-state index is 11.9. The fourth-order valence-electron chi connectivity index (χ4n) is 1.56. The Morgan fingerprint density at radius 3 is 2.43 bits per heavy atom. The first-order chi connectivity index (χ1) is 9.80. The fourth-order valence-corrected chi connectivity index (χ4v) is 4.40. The Kier molecular flexibility index (Phi) is 6.70. The number of aliphatic carboxylic acids is 1. The van der Waals surface area contributed by atoms with Gasteiger partial charge in [-0.25, -0.2) is 13.2 Å². The molecule has 0 radical (unpaired) electrons. The van der Waals surface area contributed by atoms with Crippen molar-refractivity contribution in [3.63, 3.8) is 0 Å². The Morgan fingerprint density at radius 1 is 1.29 bits per heavy atom. The third kappa shape index (κ3) is 7.14. The van der Waals surface area contributed by atoms with Crippen LogP contribution in [-0.2, 0) is 19.4 Å². The molecule has 0 aliphatic rings. The lowest BCUT2D eigenvalue weighted by molar-refractivity contribution is -0.140. The molecule has 1 amide bonds. The van der Waals surface area contributed by atoms with Crippen LogP contribution in [0.25, 0.3) is 0 Å². The van der Waals surface area contributed by atoms with Gasteiger partial charge in [-0.15, -0.1) is 11.8 Å². The first-order valence-electron chi connectivity index (χ1n) is 6.18. The van der Waals surface area contributed by atoms with Gasteiger partial charge in [0.15, 0.2) is 9.84 Å². The van der Waals surface area contributed by atoms with E-state index in [0.717, 1.165) is 11.8 Å². The molecule has 1 rings (SSSR count). The van der Waals surface area contributed by atoms with Crippen molar-refractivity contribution in [3.8, 4) is 0 Å². The average molecular weight is 331 g/mol. The molecule has 0 saturated carbocycles. The van der Waals surface area contributed by atoms with Crippen molar-refractivity contribution in [1.29, 1.82) is 0 Å². The van der Waals surface area contributed by atoms with Crippen LogP contribution in [0, 0.1) is 0 Å². The molecule has 8 heteroatoms. The summed E-state index contributed by atoms with van der Waals surface area (Å²) in [7, 11) is -3.56. The Balaban J connectivity index is 2.52. The van der Waals surface area contributed by atoms with E-state index in [-0.39, 0.29) is 5.75 Å². The molecule has 0 bridgehead atoms. The number of thioether (sulfide) groups is 1. The highest BCUT2D eigenvalue weighted by molar-refractivity contribution is 8.00. The zero-order chi connectivity index (χ0) is 15.9. The number of carboxylic acids is 1. The first kappa shape index (κ1) is 17.5. The molecule has 1 aromatic rings. The second kappa shape index (κ2) is 8.04. The largest absolute Gasteiger partial charge is 0.480 e. The third-order valence-electron chi connectivity index (χ3n) is 2.50. The Bertz CT molecular complexity index is 586. The van der Waals surface area contributed by atoms with Crippen LogP contribution in [0.2, 0.25) is 0 Å². The second-order valence-electron chi connectivity index (χ2n) is 4.37. The van der Waals surface area contributed by atoms with E-state index in [1.54, 1.807) is 0 Å². The summed E-state index contributed by atoms with van der Waals surface area (Å²) in [6.07, 6.45) is 0. The molecule has 0 saturated heterocycles. The van der Waals surface area contributed by atoms with Gasteiger partial charge in [-0.1, -0.05) is 18.2 Å². The molecule has 0 aliphatic carbocycles. The van der Waals surface area contributed by atoms with Crippen molar-refractivity contribution in [1.82, 2.24) is 5.32 Å². The highest BCUT2D eigenvalue weighted by atomic mass is 32.2. The minimum absolute atomic E-state index is 0.143. The molecule has 116 valence electrons. The molecule has 0 aromatic heterocycles. The predicted octanol–water partition coefficient (Wildman–Crippen LogP) is 0.783. The number of nitrogens with one attached hydrogen (secondary N) is 1. The number of hydrogen-bond donors (Lipinski definition) is 2. The van der Waals surface area contributed by atoms with Crippen molar-refractivity contribution < 1.29 is 23.1 Å². The Morgan fingerprint density at radius 2 is 1.90 bits per heavy atom. The van der Waals surface area contributed by atoms with Crippen LogP contribution in [0.3, 0.4) is 0 Å². The summed E-state index contributed by atoms with van der Waals surface area (Å²) in [4.78, 5) is 22.7. The zero-order valence-corrected chi connectivity index (χ0v) is 13.1. The monoisotopic (exact) mass is 331 g/mol. The molecular formula is C13H17NO5S2. The second-order valence-corrected chi connectivity index (χ2v) is 7.76. The first-order valence-corrected chi connectivity index (χ1v) is 8.99. The predicted molar refractivity (Wildman–Crippen MR) is 81.1 cm³/mol. The van der Waals surface area contributed by atoms with Crippen molar-refractivity contribution in [2.75, 3.05) is 17.3 Å². The molecule has 0 fully saturated rings. The van der Waals surface area contributed by atoms with Crippen LogP contribution in [-0.4, -0.2) is 48.7 Å². The van der Waals surface area contributed by atoms with Gasteiger partial charge in [-0.05, 0) is 12.1 Å². The van der Waals surface area contributed by atoms with Gasteiger partial charge in [-0.3, -0.25) is 4.79 Å². The van der Waals surface area contributed by atoms with Gasteiger partial charge in [0.25, 0.3) is 0 Å². The topological polar surface area (TPSA) is 101 Å². The molecule has 0 spiro atoms. The van der Waals surface area contributed by atoms with Gasteiger partial charge in [0.2, 0.25) is 5.91 Å². The molecule has 1 unspecified atom stereocenters. The number of carbonyl (C=O) groups is 2. The van der Waals surface area contributed by atoms with Gasteiger partial charge in [-0.2, -0.15) is 0 Å². The van der Waals surface area contributed by atoms with E-state index in [4.69, 9.17) is 5.11 Å². The van der Waals surface area contributed by atoms with Crippen LogP contribution in [0.1, 0.15) is 6.92 Å². The minimum Gasteiger partial charge on any atom is -0.480 e. The van der Waals surface area contributed by atoms with E-state index < -0.39 is 33.5 Å². The fraction of sp³-hybridized carbons (Fsp3) is 0.385. The van der Waals surface area contributed by atoms with E-state index in [1.165, 1.54) is 11.8 Å². The van der Waals surface area contributed by atoms with Crippen molar-refractivity contribution in [2.24, 2.45) is 0 Å². The van der Waals surface area contributed by atoms with Gasteiger partial charge >= 0.3 is 5.97 Å². The highest BCUT2D eigenvalue weighted by Crippen LogP contribution is 2.17. The lowest BCUT2D eigenvalue weighted by Crippen LogP contribution is -2.45. The molecule has 0 aliphatic heterocycles. The van der Waals surface area contributed by atoms with E-state index >= 15 is 0 Å². The normalized spacial score (nSPS) is 12.6. The smallest absolute Gasteiger partial charge is 0.327 e. The quantitative estimate of drug-likeness (QED) is 0.683. The standard InChI is InChI=1S/C13H17NO5S2/c1-10(15)14-12(13(16)17)9-21(18,19)8-7-20-11-5-3-2-4-6-11/h2-6,12H,7-9H2,1H3,(H,14,15)(H,16,17). The summed E-state index contributed by atoms with van der Waals surface area (Å²) in [6.45, 7) is 1.15. The number of benzene rings is 1. The van der Waals surface area contributed by atoms with Gasteiger partial charge in [0, 0.05) is 17.6 Å². The number of hydrogen-bond acceptors (Lipinski definition) is 5. The zero-order valence-electron chi connectivity index (χ0n) is 11.5. The van der Waals surface area contributed by atoms with Gasteiger partial charge in [0.1, 0.15) is 6.04 Å². The number of rotatable bonds is 8. The summed E-state index contributed by atoms with van der Waals surface area (Å²) < 4.78 is 23.8. The summed E-state index contributed by atoms with van der Waals surface area (Å²) in [5, 5.41) is 11.0. The SMILES string of the molecule is CC(=O)NC(CS(=O)(=O)CCSc1ccccc1)C(=O)O. The van der Waals surface area contributed by atoms with E-state index in [1.807, 2.05) is 30.3 Å². The molecule has 1 aromatic carbocycles. The Labute approximate surface area is 127 Å². The van der Waals surface area contributed by atoms with Crippen LogP contribution >= 0.6 is 11.8 Å². The van der Waals surface area contributed by atoms with E-state index in [2.05, 4.69) is 5.32 Å². The number of carbonyl (C=O) groups excluding carboxylic acids is 1. The van der Waals surface area contributed by atoms with Crippen LogP contribution in [0.15, 0.2) is 35.2 Å². The van der Waals surface area contributed by atoms with Crippen LogP contribution in [0.5, 0.6) is 0 Å².